The number of carbonyl (C=O) groups is 1. The van der Waals surface area contributed by atoms with E-state index in [9.17, 15) is 4.79 Å². The summed E-state index contributed by atoms with van der Waals surface area (Å²) in [7, 11) is 0. The summed E-state index contributed by atoms with van der Waals surface area (Å²) in [6.07, 6.45) is 3.27. The van der Waals surface area contributed by atoms with E-state index >= 15 is 0 Å². The van der Waals surface area contributed by atoms with Crippen LogP contribution in [0.3, 0.4) is 0 Å². The maximum absolute atomic E-state index is 11.3. The first-order valence-electron chi connectivity index (χ1n) is 5.66. The van der Waals surface area contributed by atoms with Crippen LogP contribution in [0, 0.1) is 0 Å². The molecular weight excluding hydrogens is 214 g/mol. The Balaban J connectivity index is 2.51. The Morgan fingerprint density at radius 1 is 1.35 bits per heavy atom. The first-order valence-corrected chi connectivity index (χ1v) is 5.66. The highest BCUT2D eigenvalue weighted by Crippen LogP contribution is 2.16. The smallest absolute Gasteiger partial charge is 0.252 e. The number of rotatable bonds is 4. The molecule has 1 aromatic carbocycles. The summed E-state index contributed by atoms with van der Waals surface area (Å²) < 4.78 is 1.78. The van der Waals surface area contributed by atoms with Crippen molar-refractivity contribution in [1.29, 1.82) is 0 Å². The lowest BCUT2D eigenvalue weighted by Crippen LogP contribution is -2.14. The van der Waals surface area contributed by atoms with E-state index < -0.39 is 5.91 Å². The number of benzene rings is 1. The highest BCUT2D eigenvalue weighted by Gasteiger charge is 2.14. The van der Waals surface area contributed by atoms with Crippen molar-refractivity contribution in [3.05, 3.63) is 47.8 Å². The van der Waals surface area contributed by atoms with Crippen molar-refractivity contribution in [2.45, 2.75) is 19.8 Å². The van der Waals surface area contributed by atoms with Gasteiger partial charge in [0.1, 0.15) is 0 Å². The van der Waals surface area contributed by atoms with Crippen molar-refractivity contribution in [1.82, 2.24) is 9.78 Å². The van der Waals surface area contributed by atoms with Crippen LogP contribution >= 0.6 is 0 Å². The van der Waals surface area contributed by atoms with E-state index in [0.717, 1.165) is 24.2 Å². The van der Waals surface area contributed by atoms with Gasteiger partial charge < -0.3 is 5.73 Å². The predicted molar refractivity (Wildman–Crippen MR) is 66.1 cm³/mol. The van der Waals surface area contributed by atoms with E-state index in [4.69, 9.17) is 5.73 Å². The van der Waals surface area contributed by atoms with Crippen LogP contribution in [0.15, 0.2) is 36.5 Å². The Morgan fingerprint density at radius 2 is 2.06 bits per heavy atom. The summed E-state index contributed by atoms with van der Waals surface area (Å²) in [4.78, 5) is 11.3. The second-order valence-corrected chi connectivity index (χ2v) is 3.87. The highest BCUT2D eigenvalue weighted by molar-refractivity contribution is 5.93. The van der Waals surface area contributed by atoms with Crippen molar-refractivity contribution < 1.29 is 4.79 Å². The van der Waals surface area contributed by atoms with Crippen molar-refractivity contribution >= 4 is 5.91 Å². The first-order chi connectivity index (χ1) is 8.24. The molecule has 1 heterocycles. The average molecular weight is 229 g/mol. The standard InChI is InChI=1S/C13H15N3O/c1-2-6-12-11(13(14)17)9-15-16(12)10-7-4-3-5-8-10/h3-5,7-9H,2,6H2,1H3,(H2,14,17). The fraction of sp³-hybridized carbons (Fsp3) is 0.231. The zero-order valence-corrected chi connectivity index (χ0v) is 9.76. The van der Waals surface area contributed by atoms with E-state index in [1.807, 2.05) is 30.3 Å². The minimum Gasteiger partial charge on any atom is -0.365 e. The Bertz CT molecular complexity index is 517. The lowest BCUT2D eigenvalue weighted by molar-refractivity contribution is 0.0999. The van der Waals surface area contributed by atoms with Crippen LogP contribution in [0.25, 0.3) is 5.69 Å². The highest BCUT2D eigenvalue weighted by atomic mass is 16.1. The van der Waals surface area contributed by atoms with Gasteiger partial charge in [-0.05, 0) is 18.6 Å². The quantitative estimate of drug-likeness (QED) is 0.870. The van der Waals surface area contributed by atoms with Gasteiger partial charge in [0, 0.05) is 0 Å². The summed E-state index contributed by atoms with van der Waals surface area (Å²) in [5.41, 5.74) is 7.68. The number of aromatic nitrogens is 2. The van der Waals surface area contributed by atoms with E-state index in [0.29, 0.717) is 5.56 Å². The molecule has 0 aliphatic carbocycles. The van der Waals surface area contributed by atoms with Gasteiger partial charge in [0.2, 0.25) is 0 Å². The molecule has 2 rings (SSSR count). The summed E-state index contributed by atoms with van der Waals surface area (Å²) in [5.74, 6) is -0.421. The molecule has 2 N–H and O–H groups in total. The molecule has 17 heavy (non-hydrogen) atoms. The van der Waals surface area contributed by atoms with Gasteiger partial charge in [-0.3, -0.25) is 4.79 Å². The Kier molecular flexibility index (Phi) is 3.23. The third kappa shape index (κ3) is 2.20. The molecule has 1 amide bonds. The van der Waals surface area contributed by atoms with E-state index in [1.165, 1.54) is 0 Å². The molecule has 88 valence electrons. The van der Waals surface area contributed by atoms with Gasteiger partial charge in [0.05, 0.1) is 23.1 Å². The summed E-state index contributed by atoms with van der Waals surface area (Å²) >= 11 is 0. The number of para-hydroxylation sites is 1. The summed E-state index contributed by atoms with van der Waals surface area (Å²) in [6, 6.07) is 9.74. The number of carbonyl (C=O) groups excluding carboxylic acids is 1. The van der Waals surface area contributed by atoms with Gasteiger partial charge >= 0.3 is 0 Å². The SMILES string of the molecule is CCCc1c(C(N)=O)cnn1-c1ccccc1. The van der Waals surface area contributed by atoms with Gasteiger partial charge in [-0.2, -0.15) is 5.10 Å². The number of primary amides is 1. The number of nitrogens with zero attached hydrogens (tertiary/aromatic N) is 2. The van der Waals surface area contributed by atoms with Crippen LogP contribution in [0.1, 0.15) is 29.4 Å². The molecule has 4 nitrogen and oxygen atoms in total. The maximum atomic E-state index is 11.3. The van der Waals surface area contributed by atoms with Crippen molar-refractivity contribution in [2.75, 3.05) is 0 Å². The summed E-state index contributed by atoms with van der Waals surface area (Å²) in [5, 5.41) is 4.24. The molecule has 0 bridgehead atoms. The molecule has 2 aromatic rings. The summed E-state index contributed by atoms with van der Waals surface area (Å²) in [6.45, 7) is 2.06. The van der Waals surface area contributed by atoms with Gasteiger partial charge in [0.25, 0.3) is 5.91 Å². The molecule has 0 saturated carbocycles. The Morgan fingerprint density at radius 3 is 2.65 bits per heavy atom. The second-order valence-electron chi connectivity index (χ2n) is 3.87. The Hall–Kier alpha value is -2.10. The first kappa shape index (κ1) is 11.4. The third-order valence-electron chi connectivity index (χ3n) is 2.62. The largest absolute Gasteiger partial charge is 0.365 e. The molecule has 0 saturated heterocycles. The molecule has 1 aromatic heterocycles. The van der Waals surface area contributed by atoms with Crippen LogP contribution in [0.4, 0.5) is 0 Å². The molecule has 0 spiro atoms. The van der Waals surface area contributed by atoms with E-state index in [2.05, 4.69) is 12.0 Å². The monoisotopic (exact) mass is 229 g/mol. The fourth-order valence-electron chi connectivity index (χ4n) is 1.85. The normalized spacial score (nSPS) is 10.4. The van der Waals surface area contributed by atoms with Gasteiger partial charge in [-0.25, -0.2) is 4.68 Å². The molecule has 0 aliphatic rings. The zero-order valence-electron chi connectivity index (χ0n) is 9.76. The molecule has 0 unspecified atom stereocenters. The lowest BCUT2D eigenvalue weighted by atomic mass is 10.1. The molecule has 0 radical (unpaired) electrons. The number of hydrogen-bond donors (Lipinski definition) is 1. The topological polar surface area (TPSA) is 60.9 Å². The van der Waals surface area contributed by atoms with Crippen LogP contribution < -0.4 is 5.73 Å². The van der Waals surface area contributed by atoms with Gasteiger partial charge in [-0.1, -0.05) is 31.5 Å². The molecular formula is C13H15N3O. The van der Waals surface area contributed by atoms with Crippen LogP contribution in [-0.4, -0.2) is 15.7 Å². The van der Waals surface area contributed by atoms with Crippen LogP contribution in [0.2, 0.25) is 0 Å². The minimum absolute atomic E-state index is 0.421. The lowest BCUT2D eigenvalue weighted by Gasteiger charge is -2.07. The van der Waals surface area contributed by atoms with Gasteiger partial charge in [0.15, 0.2) is 0 Å². The maximum Gasteiger partial charge on any atom is 0.252 e. The van der Waals surface area contributed by atoms with E-state index in [-0.39, 0.29) is 0 Å². The fourth-order valence-corrected chi connectivity index (χ4v) is 1.85. The van der Waals surface area contributed by atoms with Crippen molar-refractivity contribution in [2.24, 2.45) is 5.73 Å². The van der Waals surface area contributed by atoms with Crippen LogP contribution in [0.5, 0.6) is 0 Å². The van der Waals surface area contributed by atoms with Crippen LogP contribution in [-0.2, 0) is 6.42 Å². The molecule has 0 aliphatic heterocycles. The number of amides is 1. The molecule has 4 heteroatoms. The predicted octanol–water partition coefficient (Wildman–Crippen LogP) is 1.92. The third-order valence-corrected chi connectivity index (χ3v) is 2.62. The Labute approximate surface area is 100 Å². The molecule has 0 fully saturated rings. The molecule has 0 atom stereocenters. The van der Waals surface area contributed by atoms with Crippen molar-refractivity contribution in [3.8, 4) is 5.69 Å². The number of hydrogen-bond acceptors (Lipinski definition) is 2. The number of nitrogens with two attached hydrogens (primary N) is 1. The zero-order chi connectivity index (χ0) is 12.3. The van der Waals surface area contributed by atoms with Gasteiger partial charge in [-0.15, -0.1) is 0 Å². The average Bonchev–Trinajstić information content (AvgIpc) is 2.75. The second kappa shape index (κ2) is 4.82. The van der Waals surface area contributed by atoms with E-state index in [1.54, 1.807) is 10.9 Å². The minimum atomic E-state index is -0.421. The van der Waals surface area contributed by atoms with Crippen molar-refractivity contribution in [3.63, 3.8) is 0 Å².